The predicted molar refractivity (Wildman–Crippen MR) is 39.4 cm³/mol. The average Bonchev–Trinajstić information content (AvgIpc) is 2.01. The van der Waals surface area contributed by atoms with Gasteiger partial charge in [-0.1, -0.05) is 0 Å². The smallest absolute Gasteiger partial charge is 0.333 e. The van der Waals surface area contributed by atoms with E-state index in [0.717, 1.165) is 6.08 Å². The molecule has 60 valence electrons. The van der Waals surface area contributed by atoms with Crippen LogP contribution in [0, 0.1) is 11.3 Å². The van der Waals surface area contributed by atoms with Gasteiger partial charge in [-0.15, -0.1) is 0 Å². The van der Waals surface area contributed by atoms with Gasteiger partial charge in [0.1, 0.15) is 11.8 Å². The number of rotatable bonds is 3. The molecule has 0 aliphatic carbocycles. The summed E-state index contributed by atoms with van der Waals surface area (Å²) in [6.07, 6.45) is 1.11. The second-order valence-electron chi connectivity index (χ2n) is 1.67. The Hall–Kier alpha value is -1.50. The van der Waals surface area contributed by atoms with Crippen LogP contribution in [0.3, 0.4) is 0 Å². The summed E-state index contributed by atoms with van der Waals surface area (Å²) in [5.41, 5.74) is 0.198. The van der Waals surface area contributed by atoms with Gasteiger partial charge in [-0.2, -0.15) is 5.26 Å². The molecule has 11 heavy (non-hydrogen) atoms. The highest BCUT2D eigenvalue weighted by Gasteiger charge is 1.97. The fourth-order valence-electron chi connectivity index (χ4n) is 0.462. The second-order valence-corrected chi connectivity index (χ2v) is 1.67. The van der Waals surface area contributed by atoms with Gasteiger partial charge in [0.25, 0.3) is 0 Å². The summed E-state index contributed by atoms with van der Waals surface area (Å²) in [6, 6.07) is 1.79. The van der Waals surface area contributed by atoms with Crippen molar-refractivity contribution in [2.45, 2.75) is 6.92 Å². The van der Waals surface area contributed by atoms with E-state index in [1.54, 1.807) is 20.0 Å². The molecule has 0 saturated carbocycles. The van der Waals surface area contributed by atoms with Crippen molar-refractivity contribution in [2.75, 3.05) is 13.7 Å². The summed E-state index contributed by atoms with van der Waals surface area (Å²) >= 11 is 0. The fourth-order valence-corrected chi connectivity index (χ4v) is 0.462. The largest absolute Gasteiger partial charge is 0.463 e. The van der Waals surface area contributed by atoms with E-state index in [1.165, 1.54) is 0 Å². The van der Waals surface area contributed by atoms with Crippen LogP contribution < -0.4 is 5.32 Å². The normalized spacial score (nSPS) is 10.1. The van der Waals surface area contributed by atoms with E-state index in [-0.39, 0.29) is 5.70 Å². The Morgan fingerprint density at radius 1 is 1.82 bits per heavy atom. The van der Waals surface area contributed by atoms with Gasteiger partial charge in [-0.25, -0.2) is 4.79 Å². The van der Waals surface area contributed by atoms with Crippen LogP contribution in [-0.4, -0.2) is 19.6 Å². The quantitative estimate of drug-likeness (QED) is 0.358. The van der Waals surface area contributed by atoms with Crippen LogP contribution in [-0.2, 0) is 9.53 Å². The number of nitrogens with one attached hydrogen (secondary N) is 1. The Morgan fingerprint density at radius 2 is 2.45 bits per heavy atom. The molecule has 4 heteroatoms. The van der Waals surface area contributed by atoms with Gasteiger partial charge in [0.15, 0.2) is 0 Å². The standard InChI is InChI=1S/C7H10N2O2/c1-3-11-7(10)4-6(5-8)9-2/h4,9H,3H2,1-2H3/b6-4+. The van der Waals surface area contributed by atoms with E-state index in [9.17, 15) is 4.79 Å². The van der Waals surface area contributed by atoms with E-state index in [2.05, 4.69) is 10.1 Å². The van der Waals surface area contributed by atoms with Gasteiger partial charge < -0.3 is 10.1 Å². The molecule has 0 aliphatic rings. The first-order valence-corrected chi connectivity index (χ1v) is 3.20. The lowest BCUT2D eigenvalue weighted by Crippen LogP contribution is -2.08. The van der Waals surface area contributed by atoms with Crippen molar-refractivity contribution >= 4 is 5.97 Å². The van der Waals surface area contributed by atoms with Crippen molar-refractivity contribution in [1.82, 2.24) is 5.32 Å². The van der Waals surface area contributed by atoms with Crippen LogP contribution in [0.2, 0.25) is 0 Å². The molecule has 0 rings (SSSR count). The lowest BCUT2D eigenvalue weighted by molar-refractivity contribution is -0.137. The third kappa shape index (κ3) is 3.98. The number of ether oxygens (including phenoxy) is 1. The molecular formula is C7H10N2O2. The van der Waals surface area contributed by atoms with Crippen LogP contribution in [0.15, 0.2) is 11.8 Å². The average molecular weight is 154 g/mol. The maximum atomic E-state index is 10.7. The van der Waals surface area contributed by atoms with Gasteiger partial charge in [0.05, 0.1) is 12.7 Å². The van der Waals surface area contributed by atoms with Crippen LogP contribution in [0.1, 0.15) is 6.92 Å². The molecular weight excluding hydrogens is 144 g/mol. The molecule has 0 bridgehead atoms. The first-order valence-electron chi connectivity index (χ1n) is 3.20. The number of hydrogen-bond acceptors (Lipinski definition) is 4. The molecule has 0 saturated heterocycles. The molecule has 4 nitrogen and oxygen atoms in total. The number of nitriles is 1. The summed E-state index contributed by atoms with van der Waals surface area (Å²) in [7, 11) is 1.56. The lowest BCUT2D eigenvalue weighted by atomic mass is 10.4. The van der Waals surface area contributed by atoms with E-state index in [4.69, 9.17) is 5.26 Å². The Bertz CT molecular complexity index is 203. The van der Waals surface area contributed by atoms with Gasteiger partial charge in [-0.05, 0) is 6.92 Å². The fraction of sp³-hybridized carbons (Fsp3) is 0.429. The van der Waals surface area contributed by atoms with Crippen molar-refractivity contribution in [3.63, 3.8) is 0 Å². The first-order chi connectivity index (χ1) is 5.24. The molecule has 0 aromatic rings. The van der Waals surface area contributed by atoms with E-state index >= 15 is 0 Å². The maximum Gasteiger partial charge on any atom is 0.333 e. The highest BCUT2D eigenvalue weighted by atomic mass is 16.5. The van der Waals surface area contributed by atoms with E-state index < -0.39 is 5.97 Å². The second kappa shape index (κ2) is 5.30. The van der Waals surface area contributed by atoms with Gasteiger partial charge in [0.2, 0.25) is 0 Å². The molecule has 1 N–H and O–H groups in total. The Morgan fingerprint density at radius 3 is 2.82 bits per heavy atom. The highest BCUT2D eigenvalue weighted by Crippen LogP contribution is 1.87. The minimum Gasteiger partial charge on any atom is -0.463 e. The van der Waals surface area contributed by atoms with Crippen molar-refractivity contribution < 1.29 is 9.53 Å². The van der Waals surface area contributed by atoms with Crippen molar-refractivity contribution in [3.05, 3.63) is 11.8 Å². The SMILES string of the molecule is CCOC(=O)/C=C(\C#N)NC. The molecule has 0 unspecified atom stereocenters. The summed E-state index contributed by atoms with van der Waals surface area (Å²) < 4.78 is 4.57. The summed E-state index contributed by atoms with van der Waals surface area (Å²) in [5.74, 6) is -0.501. The van der Waals surface area contributed by atoms with E-state index in [0.29, 0.717) is 6.61 Å². The number of hydrogen-bond donors (Lipinski definition) is 1. The van der Waals surface area contributed by atoms with Crippen LogP contribution in [0.5, 0.6) is 0 Å². The van der Waals surface area contributed by atoms with Crippen molar-refractivity contribution in [3.8, 4) is 6.07 Å². The molecule has 0 aromatic heterocycles. The molecule has 0 aromatic carbocycles. The van der Waals surface area contributed by atoms with E-state index in [1.807, 2.05) is 0 Å². The highest BCUT2D eigenvalue weighted by molar-refractivity contribution is 5.83. The molecule has 0 fully saturated rings. The van der Waals surface area contributed by atoms with Crippen molar-refractivity contribution in [1.29, 1.82) is 5.26 Å². The van der Waals surface area contributed by atoms with Gasteiger partial charge >= 0.3 is 5.97 Å². The maximum absolute atomic E-state index is 10.7. The van der Waals surface area contributed by atoms with Crippen LogP contribution >= 0.6 is 0 Å². The molecule has 0 amide bonds. The Kier molecular flexibility index (Phi) is 4.58. The molecule has 0 spiro atoms. The Labute approximate surface area is 65.5 Å². The number of carbonyl (C=O) groups is 1. The molecule has 0 atom stereocenters. The predicted octanol–water partition coefficient (Wildman–Crippen LogP) is 0.176. The summed E-state index contributed by atoms with van der Waals surface area (Å²) in [4.78, 5) is 10.7. The zero-order valence-electron chi connectivity index (χ0n) is 6.55. The number of allylic oxidation sites excluding steroid dienone is 1. The van der Waals surface area contributed by atoms with Crippen LogP contribution in [0.4, 0.5) is 0 Å². The first kappa shape index (κ1) is 9.50. The summed E-state index contributed by atoms with van der Waals surface area (Å²) in [6.45, 7) is 2.02. The minimum absolute atomic E-state index is 0.198. The van der Waals surface area contributed by atoms with Crippen LogP contribution in [0.25, 0.3) is 0 Å². The third-order valence-corrected chi connectivity index (χ3v) is 0.939. The third-order valence-electron chi connectivity index (χ3n) is 0.939. The summed E-state index contributed by atoms with van der Waals surface area (Å²) in [5, 5.41) is 10.9. The number of nitrogens with zero attached hydrogens (tertiary/aromatic N) is 1. The van der Waals surface area contributed by atoms with Crippen molar-refractivity contribution in [2.24, 2.45) is 0 Å². The monoisotopic (exact) mass is 154 g/mol. The lowest BCUT2D eigenvalue weighted by Gasteiger charge is -1.96. The molecule has 0 radical (unpaired) electrons. The van der Waals surface area contributed by atoms with Gasteiger partial charge in [0, 0.05) is 7.05 Å². The Balaban J connectivity index is 4.07. The molecule has 0 aliphatic heterocycles. The zero-order valence-corrected chi connectivity index (χ0v) is 6.55. The topological polar surface area (TPSA) is 62.1 Å². The van der Waals surface area contributed by atoms with Gasteiger partial charge in [-0.3, -0.25) is 0 Å². The zero-order chi connectivity index (χ0) is 8.69. The molecule has 0 heterocycles. The minimum atomic E-state index is -0.501. The number of carbonyl (C=O) groups excluding carboxylic acids is 1. The number of esters is 1.